The number of carbonyl (C=O) groups is 2. The SMILES string of the molecule is CCC(Oc1ccc(-n2ccc(C)n2)cc1)C(=O)N1CC(=O)Nc2cccnc21. The first-order valence-electron chi connectivity index (χ1n) is 9.41. The van der Waals surface area contributed by atoms with Crippen molar-refractivity contribution in [3.63, 3.8) is 0 Å². The van der Waals surface area contributed by atoms with E-state index in [4.69, 9.17) is 4.74 Å². The molecule has 0 bridgehead atoms. The first-order chi connectivity index (χ1) is 14.0. The number of pyridine rings is 1. The van der Waals surface area contributed by atoms with Gasteiger partial charge in [0.2, 0.25) is 5.91 Å². The van der Waals surface area contributed by atoms with E-state index in [0.717, 1.165) is 11.4 Å². The number of hydrogen-bond donors (Lipinski definition) is 1. The van der Waals surface area contributed by atoms with E-state index in [1.165, 1.54) is 4.90 Å². The minimum absolute atomic E-state index is 0.0830. The van der Waals surface area contributed by atoms with E-state index in [2.05, 4.69) is 15.4 Å². The zero-order chi connectivity index (χ0) is 20.4. The Kier molecular flexibility index (Phi) is 4.99. The summed E-state index contributed by atoms with van der Waals surface area (Å²) in [6.45, 7) is 3.71. The van der Waals surface area contributed by atoms with Gasteiger partial charge in [0.15, 0.2) is 11.9 Å². The number of fused-ring (bicyclic) bond motifs is 1. The van der Waals surface area contributed by atoms with Gasteiger partial charge in [0, 0.05) is 12.4 Å². The summed E-state index contributed by atoms with van der Waals surface area (Å²) in [6, 6.07) is 12.7. The second kappa shape index (κ2) is 7.75. The fourth-order valence-electron chi connectivity index (χ4n) is 3.18. The predicted octanol–water partition coefficient (Wildman–Crippen LogP) is 2.72. The number of rotatable bonds is 5. The van der Waals surface area contributed by atoms with Crippen molar-refractivity contribution in [1.29, 1.82) is 0 Å². The van der Waals surface area contributed by atoms with E-state index < -0.39 is 6.10 Å². The molecule has 3 heterocycles. The van der Waals surface area contributed by atoms with Crippen molar-refractivity contribution < 1.29 is 14.3 Å². The highest BCUT2D eigenvalue weighted by Crippen LogP contribution is 2.28. The van der Waals surface area contributed by atoms with E-state index in [0.29, 0.717) is 23.7 Å². The van der Waals surface area contributed by atoms with Crippen LogP contribution in [0.15, 0.2) is 54.9 Å². The van der Waals surface area contributed by atoms with Crippen LogP contribution in [0.4, 0.5) is 11.5 Å². The summed E-state index contributed by atoms with van der Waals surface area (Å²) in [5, 5.41) is 7.11. The molecule has 1 atom stereocenters. The Hall–Kier alpha value is -3.68. The van der Waals surface area contributed by atoms with Crippen LogP contribution in [0.5, 0.6) is 5.75 Å². The zero-order valence-electron chi connectivity index (χ0n) is 16.2. The number of benzene rings is 1. The molecule has 0 fully saturated rings. The lowest BCUT2D eigenvalue weighted by Gasteiger charge is -2.30. The van der Waals surface area contributed by atoms with Gasteiger partial charge in [-0.3, -0.25) is 14.5 Å². The van der Waals surface area contributed by atoms with Gasteiger partial charge in [0.25, 0.3) is 5.91 Å². The zero-order valence-corrected chi connectivity index (χ0v) is 16.2. The molecule has 1 unspecified atom stereocenters. The van der Waals surface area contributed by atoms with Crippen LogP contribution >= 0.6 is 0 Å². The molecule has 8 heteroatoms. The molecule has 0 spiro atoms. The minimum atomic E-state index is -0.728. The highest BCUT2D eigenvalue weighted by molar-refractivity contribution is 6.10. The molecule has 0 aliphatic carbocycles. The second-order valence-electron chi connectivity index (χ2n) is 6.76. The fraction of sp³-hybridized carbons (Fsp3) is 0.238. The summed E-state index contributed by atoms with van der Waals surface area (Å²) in [5.41, 5.74) is 2.35. The topological polar surface area (TPSA) is 89.4 Å². The molecule has 1 aromatic carbocycles. The second-order valence-corrected chi connectivity index (χ2v) is 6.76. The number of carbonyl (C=O) groups excluding carboxylic acids is 2. The van der Waals surface area contributed by atoms with Crippen LogP contribution in [0.1, 0.15) is 19.0 Å². The van der Waals surface area contributed by atoms with Crippen molar-refractivity contribution in [3.05, 3.63) is 60.6 Å². The van der Waals surface area contributed by atoms with Crippen LogP contribution in [0.2, 0.25) is 0 Å². The van der Waals surface area contributed by atoms with Crippen molar-refractivity contribution in [2.75, 3.05) is 16.8 Å². The molecular formula is C21H21N5O3. The van der Waals surface area contributed by atoms with Crippen LogP contribution in [-0.2, 0) is 9.59 Å². The predicted molar refractivity (Wildman–Crippen MR) is 108 cm³/mol. The van der Waals surface area contributed by atoms with Crippen molar-refractivity contribution in [3.8, 4) is 11.4 Å². The maximum absolute atomic E-state index is 13.1. The first kappa shape index (κ1) is 18.7. The molecule has 3 aromatic rings. The Morgan fingerprint density at radius 3 is 2.72 bits per heavy atom. The van der Waals surface area contributed by atoms with Gasteiger partial charge in [0.05, 0.1) is 17.1 Å². The number of amides is 2. The molecule has 4 rings (SSSR count). The van der Waals surface area contributed by atoms with Crippen LogP contribution in [-0.4, -0.2) is 39.2 Å². The summed E-state index contributed by atoms with van der Waals surface area (Å²) < 4.78 is 7.72. The normalized spacial score (nSPS) is 14.1. The molecule has 8 nitrogen and oxygen atoms in total. The lowest BCUT2D eigenvalue weighted by atomic mass is 10.2. The summed E-state index contributed by atoms with van der Waals surface area (Å²) in [4.78, 5) is 30.7. The minimum Gasteiger partial charge on any atom is -0.481 e. The third kappa shape index (κ3) is 3.82. The summed E-state index contributed by atoms with van der Waals surface area (Å²) in [7, 11) is 0. The van der Waals surface area contributed by atoms with Crippen LogP contribution in [0, 0.1) is 6.92 Å². The molecule has 1 aliphatic heterocycles. The van der Waals surface area contributed by atoms with Gasteiger partial charge in [0.1, 0.15) is 12.3 Å². The van der Waals surface area contributed by atoms with Gasteiger partial charge in [-0.25, -0.2) is 9.67 Å². The molecule has 1 N–H and O–H groups in total. The number of anilines is 2. The number of aryl methyl sites for hydroxylation is 1. The monoisotopic (exact) mass is 391 g/mol. The third-order valence-corrected chi connectivity index (χ3v) is 4.63. The molecule has 0 saturated heterocycles. The van der Waals surface area contributed by atoms with Gasteiger partial charge in [-0.2, -0.15) is 5.10 Å². The van der Waals surface area contributed by atoms with Gasteiger partial charge < -0.3 is 10.1 Å². The Balaban J connectivity index is 1.52. The maximum atomic E-state index is 13.1. The summed E-state index contributed by atoms with van der Waals surface area (Å²) >= 11 is 0. The van der Waals surface area contributed by atoms with Crippen LogP contribution < -0.4 is 15.0 Å². The number of nitrogens with one attached hydrogen (secondary N) is 1. The van der Waals surface area contributed by atoms with Crippen molar-refractivity contribution in [2.24, 2.45) is 0 Å². The first-order valence-corrected chi connectivity index (χ1v) is 9.41. The van der Waals surface area contributed by atoms with E-state index >= 15 is 0 Å². The van der Waals surface area contributed by atoms with E-state index in [1.54, 1.807) is 35.1 Å². The quantitative estimate of drug-likeness (QED) is 0.722. The lowest BCUT2D eigenvalue weighted by molar-refractivity contribution is -0.127. The van der Waals surface area contributed by atoms with Crippen LogP contribution in [0.25, 0.3) is 5.69 Å². The molecule has 2 amide bonds. The largest absolute Gasteiger partial charge is 0.481 e. The average Bonchev–Trinajstić information content (AvgIpc) is 3.17. The average molecular weight is 391 g/mol. The smallest absolute Gasteiger partial charge is 0.269 e. The molecule has 0 radical (unpaired) electrons. The number of ether oxygens (including phenoxy) is 1. The molecular weight excluding hydrogens is 370 g/mol. The van der Waals surface area contributed by atoms with Crippen LogP contribution in [0.3, 0.4) is 0 Å². The molecule has 0 saturated carbocycles. The fourth-order valence-corrected chi connectivity index (χ4v) is 3.18. The summed E-state index contributed by atoms with van der Waals surface area (Å²) in [6.07, 6.45) is 3.21. The molecule has 2 aromatic heterocycles. The number of hydrogen-bond acceptors (Lipinski definition) is 5. The Morgan fingerprint density at radius 2 is 2.03 bits per heavy atom. The highest BCUT2D eigenvalue weighted by atomic mass is 16.5. The van der Waals surface area contributed by atoms with E-state index in [-0.39, 0.29) is 18.4 Å². The standard InChI is InChI=1S/C21H21N5O3/c1-3-18(21(28)25-13-19(27)23-17-5-4-11-22-20(17)25)29-16-8-6-15(7-9-16)26-12-10-14(2)24-26/h4-12,18H,3,13H2,1-2H3,(H,23,27). The van der Waals surface area contributed by atoms with Crippen molar-refractivity contribution in [1.82, 2.24) is 14.8 Å². The number of aromatic nitrogens is 3. The molecule has 148 valence electrons. The molecule has 1 aliphatic rings. The molecule has 29 heavy (non-hydrogen) atoms. The van der Waals surface area contributed by atoms with Gasteiger partial charge in [-0.1, -0.05) is 6.92 Å². The van der Waals surface area contributed by atoms with Gasteiger partial charge in [-0.05, 0) is 55.8 Å². The van der Waals surface area contributed by atoms with Gasteiger partial charge in [-0.15, -0.1) is 0 Å². The van der Waals surface area contributed by atoms with E-state index in [1.807, 2.05) is 38.2 Å². The Bertz CT molecular complexity index is 1040. The Morgan fingerprint density at radius 1 is 1.24 bits per heavy atom. The van der Waals surface area contributed by atoms with E-state index in [9.17, 15) is 9.59 Å². The van der Waals surface area contributed by atoms with Crippen molar-refractivity contribution >= 4 is 23.3 Å². The van der Waals surface area contributed by atoms with Gasteiger partial charge >= 0.3 is 0 Å². The maximum Gasteiger partial charge on any atom is 0.269 e. The van der Waals surface area contributed by atoms with Crippen molar-refractivity contribution in [2.45, 2.75) is 26.4 Å². The highest BCUT2D eigenvalue weighted by Gasteiger charge is 2.32. The summed E-state index contributed by atoms with van der Waals surface area (Å²) in [5.74, 6) is 0.450. The number of nitrogens with zero attached hydrogens (tertiary/aromatic N) is 4. The Labute approximate surface area is 168 Å². The third-order valence-electron chi connectivity index (χ3n) is 4.63. The lowest BCUT2D eigenvalue weighted by Crippen LogP contribution is -2.48.